The van der Waals surface area contributed by atoms with Gasteiger partial charge in [-0.25, -0.2) is 9.48 Å². The minimum Gasteiger partial charge on any atom is -0.487 e. The van der Waals surface area contributed by atoms with E-state index in [-0.39, 0.29) is 25.5 Å². The Balaban J connectivity index is 2.17. The number of aromatic carboxylic acids is 1. The number of hydrogen-bond donors (Lipinski definition) is 2. The maximum absolute atomic E-state index is 11.1. The van der Waals surface area contributed by atoms with Gasteiger partial charge in [0, 0.05) is 0 Å². The van der Waals surface area contributed by atoms with Crippen molar-refractivity contribution in [3.63, 3.8) is 0 Å². The second-order valence-electron chi connectivity index (χ2n) is 4.43. The van der Waals surface area contributed by atoms with Gasteiger partial charge in [-0.3, -0.25) is 0 Å². The Morgan fingerprint density at radius 2 is 2.24 bits per heavy atom. The molecule has 0 spiro atoms. The maximum Gasteiger partial charge on any atom is 0.358 e. The lowest BCUT2D eigenvalue weighted by atomic mass is 10.2. The standard InChI is InChI=1S/C14H17N3O4/c1-2-10-4-3-5-11(8-10)21-9-12-13(14(19)20)15-16-17(12)6-7-18/h3-5,8,18H,2,6-7,9H2,1H3,(H,19,20). The highest BCUT2D eigenvalue weighted by Gasteiger charge is 2.19. The van der Waals surface area contributed by atoms with E-state index in [2.05, 4.69) is 10.3 Å². The second-order valence-corrected chi connectivity index (χ2v) is 4.43. The molecule has 112 valence electrons. The Labute approximate surface area is 121 Å². The van der Waals surface area contributed by atoms with Gasteiger partial charge in [0.1, 0.15) is 18.1 Å². The van der Waals surface area contributed by atoms with E-state index < -0.39 is 5.97 Å². The molecule has 0 fully saturated rings. The molecular formula is C14H17N3O4. The van der Waals surface area contributed by atoms with E-state index in [0.29, 0.717) is 11.4 Å². The van der Waals surface area contributed by atoms with Crippen LogP contribution in [0.2, 0.25) is 0 Å². The van der Waals surface area contributed by atoms with Gasteiger partial charge in [-0.05, 0) is 24.1 Å². The summed E-state index contributed by atoms with van der Waals surface area (Å²) in [7, 11) is 0. The highest BCUT2D eigenvalue weighted by molar-refractivity contribution is 5.86. The lowest BCUT2D eigenvalue weighted by Gasteiger charge is -2.09. The number of carbonyl (C=O) groups is 1. The molecule has 0 bridgehead atoms. The fourth-order valence-corrected chi connectivity index (χ4v) is 1.92. The van der Waals surface area contributed by atoms with Crippen LogP contribution in [-0.4, -0.2) is 37.8 Å². The van der Waals surface area contributed by atoms with Crippen molar-refractivity contribution in [3.05, 3.63) is 41.2 Å². The lowest BCUT2D eigenvalue weighted by molar-refractivity contribution is 0.0687. The first kappa shape index (κ1) is 15.0. The molecule has 21 heavy (non-hydrogen) atoms. The minimum atomic E-state index is -1.17. The number of benzene rings is 1. The van der Waals surface area contributed by atoms with Crippen LogP contribution in [0.3, 0.4) is 0 Å². The molecule has 0 amide bonds. The summed E-state index contributed by atoms with van der Waals surface area (Å²) >= 11 is 0. The van der Waals surface area contributed by atoms with E-state index in [0.717, 1.165) is 12.0 Å². The Kier molecular flexibility index (Phi) is 4.89. The third kappa shape index (κ3) is 3.57. The van der Waals surface area contributed by atoms with Crippen molar-refractivity contribution >= 4 is 5.97 Å². The zero-order valence-corrected chi connectivity index (χ0v) is 11.7. The molecule has 1 aromatic carbocycles. The van der Waals surface area contributed by atoms with E-state index in [1.165, 1.54) is 4.68 Å². The normalized spacial score (nSPS) is 10.6. The summed E-state index contributed by atoms with van der Waals surface area (Å²) in [6.07, 6.45) is 0.890. The van der Waals surface area contributed by atoms with Crippen LogP contribution in [0.1, 0.15) is 28.7 Å². The number of aromatic nitrogens is 3. The molecule has 0 aliphatic heterocycles. The monoisotopic (exact) mass is 291 g/mol. The van der Waals surface area contributed by atoms with Crippen LogP contribution in [-0.2, 0) is 19.6 Å². The first-order chi connectivity index (χ1) is 10.2. The first-order valence-corrected chi connectivity index (χ1v) is 6.64. The van der Waals surface area contributed by atoms with Crippen molar-refractivity contribution in [1.82, 2.24) is 15.0 Å². The van der Waals surface area contributed by atoms with Gasteiger partial charge in [-0.15, -0.1) is 5.10 Å². The van der Waals surface area contributed by atoms with E-state index >= 15 is 0 Å². The summed E-state index contributed by atoms with van der Waals surface area (Å²) in [5.41, 5.74) is 1.31. The van der Waals surface area contributed by atoms with Crippen molar-refractivity contribution in [2.45, 2.75) is 26.5 Å². The number of aliphatic hydroxyl groups is 1. The van der Waals surface area contributed by atoms with E-state index in [1.807, 2.05) is 25.1 Å². The summed E-state index contributed by atoms with van der Waals surface area (Å²) in [5.74, 6) is -0.512. The zero-order valence-electron chi connectivity index (χ0n) is 11.7. The molecule has 2 rings (SSSR count). The zero-order chi connectivity index (χ0) is 15.2. The van der Waals surface area contributed by atoms with Gasteiger partial charge in [-0.1, -0.05) is 24.3 Å². The molecule has 0 aliphatic rings. The molecule has 0 unspecified atom stereocenters. The summed E-state index contributed by atoms with van der Waals surface area (Å²) in [6, 6.07) is 7.59. The predicted molar refractivity (Wildman–Crippen MR) is 74.2 cm³/mol. The number of carboxylic acids is 1. The predicted octanol–water partition coefficient (Wildman–Crippen LogP) is 1.11. The molecule has 1 heterocycles. The Hall–Kier alpha value is -2.41. The number of hydrogen-bond acceptors (Lipinski definition) is 5. The van der Waals surface area contributed by atoms with Crippen LogP contribution in [0, 0.1) is 0 Å². The van der Waals surface area contributed by atoms with Crippen LogP contribution >= 0.6 is 0 Å². The molecule has 0 atom stereocenters. The van der Waals surface area contributed by atoms with Gasteiger partial charge in [0.05, 0.1) is 13.2 Å². The largest absolute Gasteiger partial charge is 0.487 e. The van der Waals surface area contributed by atoms with Crippen LogP contribution < -0.4 is 4.74 Å². The molecule has 0 saturated carbocycles. The van der Waals surface area contributed by atoms with E-state index in [9.17, 15) is 4.79 Å². The van der Waals surface area contributed by atoms with Gasteiger partial charge in [0.15, 0.2) is 5.69 Å². The number of rotatable bonds is 7. The molecule has 0 saturated heterocycles. The Morgan fingerprint density at radius 3 is 2.90 bits per heavy atom. The maximum atomic E-state index is 11.1. The highest BCUT2D eigenvalue weighted by Crippen LogP contribution is 2.16. The van der Waals surface area contributed by atoms with Crippen LogP contribution in [0.4, 0.5) is 0 Å². The fourth-order valence-electron chi connectivity index (χ4n) is 1.92. The fraction of sp³-hybridized carbons (Fsp3) is 0.357. The molecular weight excluding hydrogens is 274 g/mol. The summed E-state index contributed by atoms with van der Waals surface area (Å²) in [6.45, 7) is 2.10. The number of ether oxygens (including phenoxy) is 1. The van der Waals surface area contributed by atoms with Gasteiger partial charge < -0.3 is 14.9 Å². The van der Waals surface area contributed by atoms with Crippen molar-refractivity contribution in [2.24, 2.45) is 0 Å². The smallest absolute Gasteiger partial charge is 0.358 e. The third-order valence-corrected chi connectivity index (χ3v) is 3.03. The Bertz CT molecular complexity index is 624. The lowest BCUT2D eigenvalue weighted by Crippen LogP contribution is -2.13. The van der Waals surface area contributed by atoms with Crippen molar-refractivity contribution in [2.75, 3.05) is 6.61 Å². The quantitative estimate of drug-likeness (QED) is 0.793. The molecule has 2 N–H and O–H groups in total. The first-order valence-electron chi connectivity index (χ1n) is 6.64. The van der Waals surface area contributed by atoms with Crippen molar-refractivity contribution in [1.29, 1.82) is 0 Å². The van der Waals surface area contributed by atoms with Gasteiger partial charge in [-0.2, -0.15) is 0 Å². The van der Waals surface area contributed by atoms with E-state index in [4.69, 9.17) is 14.9 Å². The van der Waals surface area contributed by atoms with Gasteiger partial charge in [0.2, 0.25) is 0 Å². The van der Waals surface area contributed by atoms with Crippen LogP contribution in [0.5, 0.6) is 5.75 Å². The number of carboxylic acid groups (broad SMARTS) is 1. The average molecular weight is 291 g/mol. The average Bonchev–Trinajstić information content (AvgIpc) is 2.89. The van der Waals surface area contributed by atoms with E-state index in [1.54, 1.807) is 6.07 Å². The third-order valence-electron chi connectivity index (χ3n) is 3.03. The molecule has 7 nitrogen and oxygen atoms in total. The van der Waals surface area contributed by atoms with Crippen molar-refractivity contribution in [3.8, 4) is 5.75 Å². The topological polar surface area (TPSA) is 97.5 Å². The Morgan fingerprint density at radius 1 is 1.43 bits per heavy atom. The SMILES string of the molecule is CCc1cccc(OCc2c(C(=O)O)nnn2CCO)c1. The summed E-state index contributed by atoms with van der Waals surface area (Å²) in [4.78, 5) is 11.1. The molecule has 1 aromatic heterocycles. The number of nitrogens with zero attached hydrogens (tertiary/aromatic N) is 3. The minimum absolute atomic E-state index is 0.0296. The van der Waals surface area contributed by atoms with Crippen LogP contribution in [0.15, 0.2) is 24.3 Å². The summed E-state index contributed by atoms with van der Waals surface area (Å²) in [5, 5.41) is 25.4. The van der Waals surface area contributed by atoms with Gasteiger partial charge in [0.25, 0.3) is 0 Å². The molecule has 0 aliphatic carbocycles. The number of aryl methyl sites for hydroxylation is 1. The molecule has 0 radical (unpaired) electrons. The second kappa shape index (κ2) is 6.85. The summed E-state index contributed by atoms with van der Waals surface area (Å²) < 4.78 is 6.97. The molecule has 2 aromatic rings. The van der Waals surface area contributed by atoms with Gasteiger partial charge >= 0.3 is 5.97 Å². The number of aliphatic hydroxyl groups excluding tert-OH is 1. The van der Waals surface area contributed by atoms with Crippen molar-refractivity contribution < 1.29 is 19.7 Å². The molecule has 7 heteroatoms. The highest BCUT2D eigenvalue weighted by atomic mass is 16.5. The van der Waals surface area contributed by atoms with Crippen LogP contribution in [0.25, 0.3) is 0 Å².